The molecule has 2 aliphatic heterocycles. The van der Waals surface area contributed by atoms with E-state index in [1.165, 1.54) is 26.5 Å². The molecule has 2 atom stereocenters. The van der Waals surface area contributed by atoms with E-state index in [4.69, 9.17) is 39.1 Å². The third kappa shape index (κ3) is 12.8. The zero-order valence-corrected chi connectivity index (χ0v) is 39.8. The number of anilines is 1. The minimum Gasteiger partial charge on any atom is -0.496 e. The molecule has 6 aromatic rings. The van der Waals surface area contributed by atoms with E-state index in [1.54, 1.807) is 96.0 Å². The molecule has 10 nitrogen and oxygen atoms in total. The standard InChI is InChI=1S/C23H20ClFN2O3.C19H14ClF2NO.C4H7NO2.BH.U/c1-30-19-7-6-16(22(25)21(19)15-3-2-4-17(24)12-15)11-14-5-8-20(26-13-14)27-10-9-18(27)23(28)29;1-24-16-7-6-14(9-12-5-8-17(21)23-11-12)19(22)18(16)13-3-2-4-15(20)10-13;6-4(7)3-1-2-5-3;;/h2-8,12-13,18H,9-11H2,1H3,(H,28,29);2-8,10-11H,9H2,1H3;3,5H,1-2H2,(H,6,7);1H;/t18-;;3-;;/m1.1../s1/i;;;1D;. The van der Waals surface area contributed by atoms with Gasteiger partial charge in [0.1, 0.15) is 41.0 Å². The number of nitrogens with zero attached hydrogens (tertiary/aromatic N) is 3. The number of aliphatic carboxylic acids is 2. The number of halogens is 5. The van der Waals surface area contributed by atoms with Crippen LogP contribution in [0, 0.1) is 48.7 Å². The summed E-state index contributed by atoms with van der Waals surface area (Å²) in [6, 6.07) is 26.5. The Labute approximate surface area is 400 Å². The third-order valence-electron chi connectivity index (χ3n) is 10.1. The van der Waals surface area contributed by atoms with E-state index < -0.39 is 23.9 Å². The summed E-state index contributed by atoms with van der Waals surface area (Å²) >= 11 is 12.1. The molecule has 2 radical (unpaired) electrons. The zero-order chi connectivity index (χ0) is 45.6. The van der Waals surface area contributed by atoms with E-state index in [2.05, 4.69) is 23.7 Å². The van der Waals surface area contributed by atoms with Crippen LogP contribution in [0.25, 0.3) is 22.3 Å². The van der Waals surface area contributed by atoms with Crippen molar-refractivity contribution in [1.82, 2.24) is 15.3 Å². The Kier molecular flexibility index (Phi) is 18.3. The topological polar surface area (TPSA) is 134 Å². The number of carboxylic acid groups (broad SMARTS) is 2. The maximum absolute atomic E-state index is 15.4. The van der Waals surface area contributed by atoms with Crippen LogP contribution in [-0.4, -0.2) is 81.2 Å². The number of aromatic nitrogens is 2. The maximum atomic E-state index is 15.4. The van der Waals surface area contributed by atoms with Crippen molar-refractivity contribution in [2.75, 3.05) is 32.2 Å². The van der Waals surface area contributed by atoms with Crippen LogP contribution in [-0.2, 0) is 22.4 Å². The van der Waals surface area contributed by atoms with Crippen LogP contribution >= 0.6 is 23.2 Å². The summed E-state index contributed by atoms with van der Waals surface area (Å²) in [4.78, 5) is 30.9. The van der Waals surface area contributed by atoms with Gasteiger partial charge in [0, 0.05) is 81.3 Å². The summed E-state index contributed by atoms with van der Waals surface area (Å²) in [6.45, 7) is 1.52. The molecule has 0 saturated carbocycles. The van der Waals surface area contributed by atoms with Gasteiger partial charge in [-0.05, 0) is 103 Å². The van der Waals surface area contributed by atoms with Crippen molar-refractivity contribution in [2.45, 2.75) is 37.8 Å². The molecule has 2 aliphatic rings. The predicted octanol–water partition coefficient (Wildman–Crippen LogP) is 8.87. The zero-order valence-electron chi connectivity index (χ0n) is 35.1. The quantitative estimate of drug-likeness (QED) is 0.0854. The molecular weight excluding hydrogens is 1080 g/mol. The summed E-state index contributed by atoms with van der Waals surface area (Å²) in [5.41, 5.74) is 4.52. The monoisotopic (exact) mass is 1120 g/mol. The van der Waals surface area contributed by atoms with Crippen molar-refractivity contribution in [3.05, 3.63) is 159 Å². The van der Waals surface area contributed by atoms with Gasteiger partial charge in [0.25, 0.3) is 0 Å². The van der Waals surface area contributed by atoms with Gasteiger partial charge in [0.05, 0.1) is 25.3 Å². The number of methoxy groups -OCH3 is 2. The molecule has 0 bridgehead atoms. The van der Waals surface area contributed by atoms with E-state index >= 15 is 8.78 Å². The van der Waals surface area contributed by atoms with E-state index in [-0.39, 0.29) is 48.8 Å². The summed E-state index contributed by atoms with van der Waals surface area (Å²) in [6.07, 6.45) is 5.11. The number of hydrogen-bond acceptors (Lipinski definition) is 8. The summed E-state index contributed by atoms with van der Waals surface area (Å²) in [5.74, 6) is -1.41. The molecule has 8 rings (SSSR count). The van der Waals surface area contributed by atoms with Gasteiger partial charge in [-0.1, -0.05) is 71.7 Å². The molecule has 0 spiro atoms. The first-order chi connectivity index (χ1) is 30.4. The normalized spacial score (nSPS) is 14.8. The Morgan fingerprint density at radius 2 is 1.27 bits per heavy atom. The van der Waals surface area contributed by atoms with Crippen LogP contribution in [0.1, 0.15) is 35.1 Å². The van der Waals surface area contributed by atoms with E-state index in [0.717, 1.165) is 24.1 Å². The Hall–Kier alpha value is -5.03. The van der Waals surface area contributed by atoms with Crippen molar-refractivity contribution in [2.24, 2.45) is 0 Å². The van der Waals surface area contributed by atoms with Gasteiger partial charge in [-0.25, -0.2) is 23.5 Å². The number of benzene rings is 4. The second-order valence-corrected chi connectivity index (χ2v) is 15.0. The molecule has 4 aromatic carbocycles. The fourth-order valence-electron chi connectivity index (χ4n) is 6.70. The fourth-order valence-corrected chi connectivity index (χ4v) is 7.08. The number of hydrogen-bond donors (Lipinski definition) is 3. The third-order valence-corrected chi connectivity index (χ3v) is 10.6. The Balaban J connectivity index is 0.000000236. The first kappa shape index (κ1) is 49.0. The van der Waals surface area contributed by atoms with E-state index in [1.807, 2.05) is 6.07 Å². The van der Waals surface area contributed by atoms with Crippen LogP contribution < -0.4 is 19.7 Å². The number of nitrogens with one attached hydrogen (secondary N) is 1. The average molecular weight is 1120 g/mol. The number of pyridine rings is 2. The van der Waals surface area contributed by atoms with Crippen LogP contribution in [0.2, 0.25) is 10.0 Å². The molecule has 3 N–H and O–H groups in total. The predicted molar refractivity (Wildman–Crippen MR) is 235 cm³/mol. The van der Waals surface area contributed by atoms with Gasteiger partial charge in [-0.3, -0.25) is 4.79 Å². The summed E-state index contributed by atoms with van der Waals surface area (Å²) in [5, 5.41) is 21.1. The number of carboxylic acids is 2. The molecule has 324 valence electrons. The Morgan fingerprint density at radius 1 is 0.762 bits per heavy atom. The van der Waals surface area contributed by atoms with Crippen LogP contribution in [0.5, 0.6) is 11.5 Å². The molecule has 63 heavy (non-hydrogen) atoms. The number of rotatable bonds is 11. The maximum Gasteiger partial charge on any atom is 0.326 e. The van der Waals surface area contributed by atoms with E-state index in [9.17, 15) is 19.1 Å². The smallest absolute Gasteiger partial charge is 0.326 e. The minimum atomic E-state index is -0.846. The average Bonchev–Trinajstić information content (AvgIpc) is 3.23. The molecule has 2 saturated heterocycles. The molecule has 0 aliphatic carbocycles. The number of ether oxygens (including phenoxy) is 2. The first-order valence-electron chi connectivity index (χ1n) is 19.7. The van der Waals surface area contributed by atoms with Gasteiger partial charge in [-0.15, -0.1) is 0 Å². The second-order valence-electron chi connectivity index (χ2n) is 14.1. The second kappa shape index (κ2) is 23.6. The van der Waals surface area contributed by atoms with Gasteiger partial charge in [0.2, 0.25) is 5.95 Å². The molecule has 0 amide bonds. The van der Waals surface area contributed by atoms with Gasteiger partial charge in [0.15, 0.2) is 0 Å². The summed E-state index contributed by atoms with van der Waals surface area (Å²) in [7, 11) is 6.75. The van der Waals surface area contributed by atoms with Crippen molar-refractivity contribution >= 4 is 49.3 Å². The van der Waals surface area contributed by atoms with Crippen molar-refractivity contribution in [1.29, 1.82) is 1.34 Å². The van der Waals surface area contributed by atoms with E-state index in [0.29, 0.717) is 86.6 Å². The molecule has 4 heterocycles. The molecule has 0 unspecified atom stereocenters. The van der Waals surface area contributed by atoms with Crippen molar-refractivity contribution in [3.63, 3.8) is 0 Å². The summed E-state index contributed by atoms with van der Waals surface area (Å²) < 4.78 is 59.3. The van der Waals surface area contributed by atoms with Crippen LogP contribution in [0.3, 0.4) is 0 Å². The van der Waals surface area contributed by atoms with Crippen molar-refractivity contribution in [3.8, 4) is 33.8 Å². The SMILES string of the molecule is COc1ccc(Cc2ccc(F)nc2)c(F)c1-c1cccc(Cl)c1.COc1ccc(Cc2ccc(N3CC[C@@H]3C(=O)O)nc2)c(F)c1-c1cccc(Cl)c1.O=C(O)[C@H]1CCN1.[2H][B].[U]. The molecule has 2 aromatic heterocycles. The van der Waals surface area contributed by atoms with Gasteiger partial charge in [-0.2, -0.15) is 4.39 Å². The van der Waals surface area contributed by atoms with Crippen LogP contribution in [0.15, 0.2) is 109 Å². The number of carbonyl (C=O) groups is 2. The van der Waals surface area contributed by atoms with Crippen LogP contribution in [0.4, 0.5) is 19.0 Å². The fraction of sp³-hybridized carbons (Fsp3) is 0.217. The Morgan fingerprint density at radius 3 is 1.60 bits per heavy atom. The van der Waals surface area contributed by atoms with Crippen molar-refractivity contribution < 1.29 is 73.6 Å². The molecule has 17 heteroatoms. The molecular formula is C46H42BCl2F3N4O6U. The Bertz CT molecular complexity index is 2510. The van der Waals surface area contributed by atoms with Gasteiger partial charge >= 0.3 is 11.9 Å². The minimum absolute atomic E-state index is 0. The largest absolute Gasteiger partial charge is 0.496 e. The molecule has 2 fully saturated rings. The van der Waals surface area contributed by atoms with Gasteiger partial charge < -0.3 is 29.9 Å². The first-order valence-corrected chi connectivity index (χ1v) is 19.9.